The largest absolute Gasteiger partial charge is 0.493 e. The molecule has 2 aromatic rings. The van der Waals surface area contributed by atoms with Crippen molar-refractivity contribution in [1.82, 2.24) is 10.2 Å². The number of fused-ring (bicyclic) bond motifs is 4. The van der Waals surface area contributed by atoms with Gasteiger partial charge in [0, 0.05) is 25.3 Å². The van der Waals surface area contributed by atoms with Crippen LogP contribution in [0.15, 0.2) is 36.4 Å². The van der Waals surface area contributed by atoms with E-state index in [1.54, 1.807) is 14.2 Å². The third-order valence-corrected chi connectivity index (χ3v) is 6.38. The van der Waals surface area contributed by atoms with Gasteiger partial charge in [0.25, 0.3) is 5.91 Å². The van der Waals surface area contributed by atoms with Crippen LogP contribution in [0.5, 0.6) is 11.5 Å². The van der Waals surface area contributed by atoms with Crippen molar-refractivity contribution >= 4 is 11.8 Å². The smallest absolute Gasteiger partial charge is 0.254 e. The van der Waals surface area contributed by atoms with E-state index in [-0.39, 0.29) is 17.9 Å². The van der Waals surface area contributed by atoms with Crippen LogP contribution < -0.4 is 14.8 Å². The predicted molar refractivity (Wildman–Crippen MR) is 125 cm³/mol. The second kappa shape index (κ2) is 9.83. The van der Waals surface area contributed by atoms with Crippen LogP contribution in [0.2, 0.25) is 0 Å². The molecular formula is C26H32N2O5. The summed E-state index contributed by atoms with van der Waals surface area (Å²) in [7, 11) is 3.20. The Balaban J connectivity index is 1.70. The molecule has 0 aromatic heterocycles. The molecule has 176 valence electrons. The van der Waals surface area contributed by atoms with Crippen molar-refractivity contribution < 1.29 is 23.8 Å². The van der Waals surface area contributed by atoms with Crippen LogP contribution >= 0.6 is 0 Å². The first kappa shape index (κ1) is 23.1. The molecule has 0 saturated carbocycles. The first-order valence-electron chi connectivity index (χ1n) is 11.5. The fraction of sp³-hybridized carbons (Fsp3) is 0.462. The molecule has 0 fully saturated rings. The molecule has 0 aliphatic carbocycles. The Labute approximate surface area is 195 Å². The number of benzene rings is 2. The van der Waals surface area contributed by atoms with Crippen molar-refractivity contribution in [3.05, 3.63) is 58.7 Å². The van der Waals surface area contributed by atoms with Crippen LogP contribution in [-0.4, -0.2) is 56.7 Å². The summed E-state index contributed by atoms with van der Waals surface area (Å²) in [4.78, 5) is 28.8. The van der Waals surface area contributed by atoms with E-state index in [1.165, 1.54) is 0 Å². The van der Waals surface area contributed by atoms with E-state index >= 15 is 0 Å². The van der Waals surface area contributed by atoms with E-state index in [0.717, 1.165) is 23.1 Å². The van der Waals surface area contributed by atoms with Crippen LogP contribution in [0.25, 0.3) is 0 Å². The summed E-state index contributed by atoms with van der Waals surface area (Å²) < 4.78 is 16.6. The number of nitrogens with one attached hydrogen (secondary N) is 1. The maximum Gasteiger partial charge on any atom is 0.254 e. The average Bonchev–Trinajstić information content (AvgIpc) is 2.82. The monoisotopic (exact) mass is 452 g/mol. The zero-order valence-corrected chi connectivity index (χ0v) is 19.7. The lowest BCUT2D eigenvalue weighted by molar-refractivity contribution is -0.124. The van der Waals surface area contributed by atoms with Gasteiger partial charge < -0.3 is 24.4 Å². The molecule has 2 amide bonds. The van der Waals surface area contributed by atoms with Gasteiger partial charge in [-0.2, -0.15) is 0 Å². The number of amides is 2. The predicted octanol–water partition coefficient (Wildman–Crippen LogP) is 3.47. The number of carbonyl (C=O) groups excluding carboxylic acids is 2. The van der Waals surface area contributed by atoms with E-state index in [1.807, 2.05) is 55.1 Å². The fourth-order valence-electron chi connectivity index (χ4n) is 4.85. The molecule has 2 heterocycles. The van der Waals surface area contributed by atoms with Gasteiger partial charge in [-0.3, -0.25) is 9.59 Å². The van der Waals surface area contributed by atoms with Crippen molar-refractivity contribution in [1.29, 1.82) is 0 Å². The minimum atomic E-state index is -0.512. The van der Waals surface area contributed by atoms with Crippen molar-refractivity contribution in [2.75, 3.05) is 33.9 Å². The van der Waals surface area contributed by atoms with Gasteiger partial charge in [0.2, 0.25) is 5.91 Å². The van der Waals surface area contributed by atoms with Crippen LogP contribution in [0.4, 0.5) is 0 Å². The van der Waals surface area contributed by atoms with E-state index < -0.39 is 12.0 Å². The van der Waals surface area contributed by atoms with Crippen molar-refractivity contribution in [3.8, 4) is 11.5 Å². The number of rotatable bonds is 8. The van der Waals surface area contributed by atoms with E-state index in [4.69, 9.17) is 14.2 Å². The SMILES string of the molecule is COc1cc2c(cc1OC)C1C(C(=O)NCCCOC(C)C)c3ccccc3C(=O)N1CC2. The Kier molecular flexibility index (Phi) is 6.88. The van der Waals surface area contributed by atoms with Crippen molar-refractivity contribution in [2.45, 2.75) is 44.8 Å². The number of methoxy groups -OCH3 is 2. The minimum Gasteiger partial charge on any atom is -0.493 e. The molecule has 0 saturated heterocycles. The number of carbonyl (C=O) groups is 2. The third kappa shape index (κ3) is 4.42. The molecule has 0 spiro atoms. The maximum absolute atomic E-state index is 13.6. The van der Waals surface area contributed by atoms with Gasteiger partial charge >= 0.3 is 0 Å². The quantitative estimate of drug-likeness (QED) is 0.621. The summed E-state index contributed by atoms with van der Waals surface area (Å²) in [6.45, 7) is 5.64. The van der Waals surface area contributed by atoms with Crippen molar-refractivity contribution in [3.63, 3.8) is 0 Å². The zero-order valence-electron chi connectivity index (χ0n) is 19.7. The molecule has 1 N–H and O–H groups in total. The van der Waals surface area contributed by atoms with E-state index in [9.17, 15) is 9.59 Å². The van der Waals surface area contributed by atoms with Gasteiger partial charge in [0.15, 0.2) is 11.5 Å². The fourth-order valence-corrected chi connectivity index (χ4v) is 4.85. The first-order valence-corrected chi connectivity index (χ1v) is 11.5. The number of hydrogen-bond acceptors (Lipinski definition) is 5. The molecule has 7 heteroatoms. The van der Waals surface area contributed by atoms with Crippen LogP contribution in [0, 0.1) is 0 Å². The molecule has 2 aromatic carbocycles. The average molecular weight is 453 g/mol. The molecule has 4 rings (SSSR count). The highest BCUT2D eigenvalue weighted by Gasteiger charge is 2.46. The van der Waals surface area contributed by atoms with Crippen LogP contribution in [-0.2, 0) is 16.0 Å². The molecule has 2 atom stereocenters. The lowest BCUT2D eigenvalue weighted by atomic mass is 9.75. The highest BCUT2D eigenvalue weighted by atomic mass is 16.5. The lowest BCUT2D eigenvalue weighted by Gasteiger charge is -2.45. The van der Waals surface area contributed by atoms with Gasteiger partial charge in [-0.1, -0.05) is 18.2 Å². The Morgan fingerprint density at radius 2 is 1.85 bits per heavy atom. The topological polar surface area (TPSA) is 77.1 Å². The lowest BCUT2D eigenvalue weighted by Crippen LogP contribution is -2.50. The molecule has 7 nitrogen and oxygen atoms in total. The summed E-state index contributed by atoms with van der Waals surface area (Å²) in [6, 6.07) is 10.9. The summed E-state index contributed by atoms with van der Waals surface area (Å²) in [5.74, 6) is 0.609. The molecule has 33 heavy (non-hydrogen) atoms. The Hall–Kier alpha value is -3.06. The molecular weight excluding hydrogens is 420 g/mol. The Morgan fingerprint density at radius 1 is 1.12 bits per heavy atom. The van der Waals surface area contributed by atoms with Crippen LogP contribution in [0.1, 0.15) is 59.3 Å². The van der Waals surface area contributed by atoms with E-state index in [0.29, 0.717) is 43.2 Å². The Morgan fingerprint density at radius 3 is 2.58 bits per heavy atom. The minimum absolute atomic E-state index is 0.0366. The second-order valence-corrected chi connectivity index (χ2v) is 8.73. The number of hydrogen-bond donors (Lipinski definition) is 1. The second-order valence-electron chi connectivity index (χ2n) is 8.73. The zero-order chi connectivity index (χ0) is 23.5. The normalized spacial score (nSPS) is 18.9. The summed E-state index contributed by atoms with van der Waals surface area (Å²) in [5, 5.41) is 3.08. The molecule has 0 radical (unpaired) electrons. The molecule has 2 aliphatic heterocycles. The van der Waals surface area contributed by atoms with Gasteiger partial charge in [-0.05, 0) is 61.6 Å². The van der Waals surface area contributed by atoms with Crippen LogP contribution in [0.3, 0.4) is 0 Å². The number of ether oxygens (including phenoxy) is 3. The van der Waals surface area contributed by atoms with Gasteiger partial charge in [-0.15, -0.1) is 0 Å². The summed E-state index contributed by atoms with van der Waals surface area (Å²) in [6.07, 6.45) is 1.59. The van der Waals surface area contributed by atoms with E-state index in [2.05, 4.69) is 5.32 Å². The summed E-state index contributed by atoms with van der Waals surface area (Å²) >= 11 is 0. The number of nitrogens with zero attached hydrogens (tertiary/aromatic N) is 1. The standard InChI is InChI=1S/C26H32N2O5/c1-16(2)33-13-7-11-27-25(29)23-18-8-5-6-9-19(18)26(30)28-12-10-17-14-21(31-3)22(32-4)15-20(17)24(23)28/h5-6,8-9,14-16,23-24H,7,10-13H2,1-4H3,(H,27,29). The first-order chi connectivity index (χ1) is 16.0. The molecule has 0 bridgehead atoms. The highest BCUT2D eigenvalue weighted by Crippen LogP contribution is 2.48. The summed E-state index contributed by atoms with van der Waals surface area (Å²) in [5.41, 5.74) is 3.37. The van der Waals surface area contributed by atoms with Crippen molar-refractivity contribution in [2.24, 2.45) is 0 Å². The van der Waals surface area contributed by atoms with Gasteiger partial charge in [0.1, 0.15) is 0 Å². The third-order valence-electron chi connectivity index (χ3n) is 6.38. The Bertz CT molecular complexity index is 1040. The highest BCUT2D eigenvalue weighted by molar-refractivity contribution is 6.01. The molecule has 2 unspecified atom stereocenters. The van der Waals surface area contributed by atoms with Gasteiger partial charge in [0.05, 0.1) is 32.3 Å². The maximum atomic E-state index is 13.6. The van der Waals surface area contributed by atoms with Gasteiger partial charge in [-0.25, -0.2) is 0 Å². The molecule has 2 aliphatic rings.